The minimum Gasteiger partial charge on any atom is -0.480 e. The molecule has 1 fully saturated rings. The van der Waals surface area contributed by atoms with Gasteiger partial charge >= 0.3 is 5.97 Å². The molecule has 0 saturated carbocycles. The summed E-state index contributed by atoms with van der Waals surface area (Å²) in [5.74, 6) is -1.41. The second-order valence-electron chi connectivity index (χ2n) is 4.40. The number of carboxylic acids is 1. The maximum atomic E-state index is 11.6. The normalized spacial score (nSPS) is 20.6. The predicted molar refractivity (Wildman–Crippen MR) is 60.2 cm³/mol. The summed E-state index contributed by atoms with van der Waals surface area (Å²) < 4.78 is 5.17. The number of carbonyl (C=O) groups excluding carboxylic acids is 1. The number of nitrogens with one attached hydrogen (secondary N) is 1. The van der Waals surface area contributed by atoms with Gasteiger partial charge in [0.1, 0.15) is 6.04 Å². The molecular weight excluding hydrogens is 226 g/mol. The van der Waals surface area contributed by atoms with Gasteiger partial charge in [0.15, 0.2) is 0 Å². The summed E-state index contributed by atoms with van der Waals surface area (Å²) in [7, 11) is 0. The first kappa shape index (κ1) is 13.9. The second-order valence-corrected chi connectivity index (χ2v) is 4.40. The van der Waals surface area contributed by atoms with Crippen LogP contribution in [-0.4, -0.2) is 48.3 Å². The Balaban J connectivity index is 2.31. The van der Waals surface area contributed by atoms with Gasteiger partial charge in [-0.25, -0.2) is 0 Å². The molecule has 0 aliphatic carbocycles. The lowest BCUT2D eigenvalue weighted by Gasteiger charge is -2.32. The number of hydrogen-bond acceptors (Lipinski definition) is 5. The van der Waals surface area contributed by atoms with E-state index in [9.17, 15) is 9.59 Å². The molecule has 1 aliphatic heterocycles. The molecule has 0 spiro atoms. The minimum absolute atomic E-state index is 0.0826. The topological polar surface area (TPSA) is 128 Å². The molecule has 0 bridgehead atoms. The lowest BCUT2D eigenvalue weighted by Crippen LogP contribution is -2.50. The molecule has 0 aromatic rings. The third-order valence-corrected chi connectivity index (χ3v) is 2.84. The zero-order valence-corrected chi connectivity index (χ0v) is 9.65. The van der Waals surface area contributed by atoms with Crippen LogP contribution in [0.15, 0.2) is 0 Å². The molecule has 1 rings (SSSR count). The summed E-state index contributed by atoms with van der Waals surface area (Å²) in [4.78, 5) is 22.0. The van der Waals surface area contributed by atoms with E-state index in [0.717, 1.165) is 0 Å². The predicted octanol–water partition coefficient (Wildman–Crippen LogP) is -1.59. The van der Waals surface area contributed by atoms with Gasteiger partial charge in [-0.05, 0) is 12.8 Å². The summed E-state index contributed by atoms with van der Waals surface area (Å²) in [5.41, 5.74) is 10.8. The Kier molecular flexibility index (Phi) is 4.86. The fraction of sp³-hybridized carbons (Fsp3) is 0.800. The van der Waals surface area contributed by atoms with Crippen molar-refractivity contribution in [3.05, 3.63) is 0 Å². The van der Waals surface area contributed by atoms with Crippen molar-refractivity contribution >= 4 is 11.9 Å². The average Bonchev–Trinajstić information content (AvgIpc) is 2.26. The summed E-state index contributed by atoms with van der Waals surface area (Å²) in [6.07, 6.45) is 1.43. The fourth-order valence-corrected chi connectivity index (χ4v) is 1.65. The largest absolute Gasteiger partial charge is 0.480 e. The fourth-order valence-electron chi connectivity index (χ4n) is 1.65. The third-order valence-electron chi connectivity index (χ3n) is 2.84. The Hall–Kier alpha value is -1.18. The van der Waals surface area contributed by atoms with Crippen molar-refractivity contribution < 1.29 is 19.4 Å². The van der Waals surface area contributed by atoms with Crippen molar-refractivity contribution in [1.82, 2.24) is 5.32 Å². The zero-order valence-electron chi connectivity index (χ0n) is 9.65. The van der Waals surface area contributed by atoms with Crippen LogP contribution in [0.4, 0.5) is 0 Å². The van der Waals surface area contributed by atoms with E-state index in [1.54, 1.807) is 0 Å². The maximum Gasteiger partial charge on any atom is 0.322 e. The average molecular weight is 245 g/mol. The first-order valence-electron chi connectivity index (χ1n) is 5.55. The van der Waals surface area contributed by atoms with Gasteiger partial charge in [0.2, 0.25) is 5.91 Å². The molecule has 0 aromatic heterocycles. The molecule has 1 aliphatic rings. The Labute approximate surface area is 99.5 Å². The lowest BCUT2D eigenvalue weighted by molar-refractivity contribution is -0.138. The molecule has 98 valence electrons. The van der Waals surface area contributed by atoms with Crippen LogP contribution < -0.4 is 16.8 Å². The number of amides is 1. The number of ether oxygens (including phenoxy) is 1. The summed E-state index contributed by atoms with van der Waals surface area (Å²) in [6, 6.07) is -1.08. The van der Waals surface area contributed by atoms with E-state index in [1.807, 2.05) is 0 Å². The minimum atomic E-state index is -1.14. The van der Waals surface area contributed by atoms with Crippen LogP contribution in [0, 0.1) is 0 Å². The number of aliphatic carboxylic acids is 1. The van der Waals surface area contributed by atoms with Gasteiger partial charge in [0.05, 0.1) is 0 Å². The third kappa shape index (κ3) is 4.68. The SMILES string of the molecule is NC(CNC(=O)CC1(N)CCOCC1)C(=O)O. The van der Waals surface area contributed by atoms with Crippen LogP contribution in [0.3, 0.4) is 0 Å². The first-order valence-corrected chi connectivity index (χ1v) is 5.55. The summed E-state index contributed by atoms with van der Waals surface area (Å²) in [5, 5.41) is 11.0. The number of carbonyl (C=O) groups is 2. The molecule has 0 aromatic carbocycles. The van der Waals surface area contributed by atoms with E-state index in [4.69, 9.17) is 21.3 Å². The van der Waals surface area contributed by atoms with Crippen molar-refractivity contribution in [2.24, 2.45) is 11.5 Å². The van der Waals surface area contributed by atoms with Gasteiger partial charge in [-0.15, -0.1) is 0 Å². The number of rotatable bonds is 5. The van der Waals surface area contributed by atoms with Crippen molar-refractivity contribution in [3.63, 3.8) is 0 Å². The van der Waals surface area contributed by atoms with Gasteiger partial charge in [-0.1, -0.05) is 0 Å². The number of nitrogens with two attached hydrogens (primary N) is 2. The Morgan fingerprint density at radius 2 is 2.00 bits per heavy atom. The monoisotopic (exact) mass is 245 g/mol. The molecule has 1 unspecified atom stereocenters. The Morgan fingerprint density at radius 3 is 2.53 bits per heavy atom. The standard InChI is InChI=1S/C10H19N3O4/c11-7(9(15)16)6-13-8(14)5-10(12)1-3-17-4-2-10/h7H,1-6,11-12H2,(H,13,14)(H,15,16). The molecule has 1 amide bonds. The van der Waals surface area contributed by atoms with Crippen molar-refractivity contribution in [1.29, 1.82) is 0 Å². The van der Waals surface area contributed by atoms with E-state index in [1.165, 1.54) is 0 Å². The highest BCUT2D eigenvalue weighted by Crippen LogP contribution is 2.21. The Bertz CT molecular complexity index is 289. The Morgan fingerprint density at radius 1 is 1.41 bits per heavy atom. The van der Waals surface area contributed by atoms with Crippen LogP contribution in [0.5, 0.6) is 0 Å². The van der Waals surface area contributed by atoms with Crippen molar-refractivity contribution in [2.75, 3.05) is 19.8 Å². The molecule has 17 heavy (non-hydrogen) atoms. The van der Waals surface area contributed by atoms with Gasteiger partial charge in [-0.2, -0.15) is 0 Å². The van der Waals surface area contributed by atoms with Gasteiger partial charge < -0.3 is 26.6 Å². The van der Waals surface area contributed by atoms with Gasteiger partial charge in [0.25, 0.3) is 0 Å². The molecule has 6 N–H and O–H groups in total. The van der Waals surface area contributed by atoms with E-state index in [-0.39, 0.29) is 18.9 Å². The summed E-state index contributed by atoms with van der Waals surface area (Å²) in [6.45, 7) is 1.03. The first-order chi connectivity index (χ1) is 7.93. The van der Waals surface area contributed by atoms with Crippen molar-refractivity contribution in [3.8, 4) is 0 Å². The lowest BCUT2D eigenvalue weighted by atomic mass is 9.87. The maximum absolute atomic E-state index is 11.6. The van der Waals surface area contributed by atoms with Gasteiger partial charge in [0, 0.05) is 31.7 Å². The van der Waals surface area contributed by atoms with Crippen LogP contribution in [0.25, 0.3) is 0 Å². The quantitative estimate of drug-likeness (QED) is 0.462. The molecule has 1 atom stereocenters. The highest BCUT2D eigenvalue weighted by Gasteiger charge is 2.30. The van der Waals surface area contributed by atoms with E-state index < -0.39 is 17.6 Å². The van der Waals surface area contributed by atoms with E-state index in [0.29, 0.717) is 26.1 Å². The highest BCUT2D eigenvalue weighted by atomic mass is 16.5. The number of carboxylic acid groups (broad SMARTS) is 1. The van der Waals surface area contributed by atoms with Crippen LogP contribution in [0.1, 0.15) is 19.3 Å². The molecular formula is C10H19N3O4. The highest BCUT2D eigenvalue weighted by molar-refractivity contribution is 5.79. The van der Waals surface area contributed by atoms with Crippen LogP contribution in [-0.2, 0) is 14.3 Å². The molecule has 0 radical (unpaired) electrons. The van der Waals surface area contributed by atoms with Gasteiger partial charge in [-0.3, -0.25) is 9.59 Å². The second kappa shape index (κ2) is 5.95. The molecule has 7 heteroatoms. The van der Waals surface area contributed by atoms with Crippen LogP contribution in [0.2, 0.25) is 0 Å². The van der Waals surface area contributed by atoms with E-state index >= 15 is 0 Å². The molecule has 1 heterocycles. The van der Waals surface area contributed by atoms with E-state index in [2.05, 4.69) is 5.32 Å². The molecule has 7 nitrogen and oxygen atoms in total. The summed E-state index contributed by atoms with van der Waals surface area (Å²) >= 11 is 0. The van der Waals surface area contributed by atoms with Crippen molar-refractivity contribution in [2.45, 2.75) is 30.8 Å². The smallest absolute Gasteiger partial charge is 0.322 e. The zero-order chi connectivity index (χ0) is 12.9. The molecule has 1 saturated heterocycles. The number of hydrogen-bond donors (Lipinski definition) is 4. The van der Waals surface area contributed by atoms with Crippen LogP contribution >= 0.6 is 0 Å².